The zero-order valence-electron chi connectivity index (χ0n) is 10.3. The molecule has 1 amide bonds. The Balaban J connectivity index is 2.97. The van der Waals surface area contributed by atoms with Gasteiger partial charge < -0.3 is 4.90 Å². The molecule has 0 fully saturated rings. The molecule has 0 saturated heterocycles. The minimum absolute atomic E-state index is 0.0548. The van der Waals surface area contributed by atoms with Gasteiger partial charge in [-0.15, -0.1) is 0 Å². The number of carbonyl (C=O) groups is 1. The molecule has 0 aliphatic heterocycles. The van der Waals surface area contributed by atoms with Gasteiger partial charge in [-0.2, -0.15) is 0 Å². The highest BCUT2D eigenvalue weighted by Crippen LogP contribution is 2.24. The van der Waals surface area contributed by atoms with Crippen LogP contribution in [-0.4, -0.2) is 23.4 Å². The molecule has 0 radical (unpaired) electrons. The molecule has 0 aromatic heterocycles. The highest BCUT2D eigenvalue weighted by molar-refractivity contribution is 9.10. The Morgan fingerprint density at radius 3 is 2.59 bits per heavy atom. The van der Waals surface area contributed by atoms with E-state index in [1.54, 1.807) is 18.2 Å². The molecular weight excluding hydrogens is 302 g/mol. The largest absolute Gasteiger partial charge is 0.336 e. The maximum absolute atomic E-state index is 12.3. The first-order chi connectivity index (χ1) is 7.97. The van der Waals surface area contributed by atoms with Crippen molar-refractivity contribution in [3.05, 3.63) is 33.3 Å². The first-order valence-electron chi connectivity index (χ1n) is 5.73. The Morgan fingerprint density at radius 2 is 2.12 bits per heavy atom. The predicted octanol–water partition coefficient (Wildman–Crippen LogP) is 4.36. The van der Waals surface area contributed by atoms with E-state index in [1.165, 1.54) is 0 Å². The third kappa shape index (κ3) is 3.71. The summed E-state index contributed by atoms with van der Waals surface area (Å²) in [5.41, 5.74) is 0.670. The van der Waals surface area contributed by atoms with Crippen molar-refractivity contribution in [2.75, 3.05) is 6.54 Å². The van der Waals surface area contributed by atoms with E-state index in [-0.39, 0.29) is 11.9 Å². The Bertz CT molecular complexity index is 406. The molecule has 1 rings (SSSR count). The normalized spacial score (nSPS) is 10.7. The molecule has 94 valence electrons. The Hall–Kier alpha value is -0.540. The molecule has 1 aromatic carbocycles. The summed E-state index contributed by atoms with van der Waals surface area (Å²) in [7, 11) is 0. The quantitative estimate of drug-likeness (QED) is 0.807. The maximum atomic E-state index is 12.3. The molecule has 4 heteroatoms. The van der Waals surface area contributed by atoms with Gasteiger partial charge >= 0.3 is 0 Å². The van der Waals surface area contributed by atoms with E-state index >= 15 is 0 Å². The van der Waals surface area contributed by atoms with Crippen LogP contribution in [0.1, 0.15) is 37.6 Å². The van der Waals surface area contributed by atoms with Crippen LogP contribution < -0.4 is 0 Å². The summed E-state index contributed by atoms with van der Waals surface area (Å²) in [4.78, 5) is 14.2. The molecule has 0 bridgehead atoms. The lowest BCUT2D eigenvalue weighted by molar-refractivity contribution is 0.0706. The second-order valence-corrected chi connectivity index (χ2v) is 5.48. The number of hydrogen-bond acceptors (Lipinski definition) is 1. The van der Waals surface area contributed by atoms with E-state index in [9.17, 15) is 4.79 Å². The van der Waals surface area contributed by atoms with E-state index in [0.29, 0.717) is 10.6 Å². The standard InChI is InChI=1S/C13H17BrClNO/c1-4-7-16(9(2)3)13(17)10-5-6-12(15)11(14)8-10/h5-6,8-9H,4,7H2,1-3H3. The molecule has 0 aliphatic rings. The summed E-state index contributed by atoms with van der Waals surface area (Å²) in [6.45, 7) is 6.90. The van der Waals surface area contributed by atoms with Crippen molar-refractivity contribution in [3.8, 4) is 0 Å². The number of nitrogens with zero attached hydrogens (tertiary/aromatic N) is 1. The van der Waals surface area contributed by atoms with Gasteiger partial charge in [0.2, 0.25) is 0 Å². The van der Waals surface area contributed by atoms with E-state index in [1.807, 2.05) is 18.7 Å². The van der Waals surface area contributed by atoms with Crippen LogP contribution in [0, 0.1) is 0 Å². The van der Waals surface area contributed by atoms with Gasteiger partial charge in [0.05, 0.1) is 5.02 Å². The van der Waals surface area contributed by atoms with Crippen LogP contribution in [0.25, 0.3) is 0 Å². The third-order valence-electron chi connectivity index (χ3n) is 2.52. The third-order valence-corrected chi connectivity index (χ3v) is 3.73. The first kappa shape index (κ1) is 14.5. The minimum Gasteiger partial charge on any atom is -0.336 e. The highest BCUT2D eigenvalue weighted by Gasteiger charge is 2.18. The molecule has 0 saturated carbocycles. The molecule has 0 unspecified atom stereocenters. The molecule has 0 aliphatic carbocycles. The number of carbonyl (C=O) groups excluding carboxylic acids is 1. The second kappa shape index (κ2) is 6.41. The van der Waals surface area contributed by atoms with Crippen molar-refractivity contribution >= 4 is 33.4 Å². The number of amides is 1. The summed E-state index contributed by atoms with van der Waals surface area (Å²) in [6, 6.07) is 5.48. The molecule has 0 heterocycles. The SMILES string of the molecule is CCCN(C(=O)c1ccc(Cl)c(Br)c1)C(C)C. The van der Waals surface area contributed by atoms with Crippen LogP contribution >= 0.6 is 27.5 Å². The zero-order chi connectivity index (χ0) is 13.0. The average Bonchev–Trinajstić information content (AvgIpc) is 2.28. The van der Waals surface area contributed by atoms with Crippen LogP contribution in [0.5, 0.6) is 0 Å². The lowest BCUT2D eigenvalue weighted by Crippen LogP contribution is -2.37. The molecule has 1 aromatic rings. The summed E-state index contributed by atoms with van der Waals surface area (Å²) in [6.07, 6.45) is 0.957. The Labute approximate surface area is 116 Å². The minimum atomic E-state index is 0.0548. The molecule has 0 atom stereocenters. The van der Waals surface area contributed by atoms with E-state index in [0.717, 1.165) is 17.4 Å². The average molecular weight is 319 g/mol. The maximum Gasteiger partial charge on any atom is 0.254 e. The number of rotatable bonds is 4. The van der Waals surface area contributed by atoms with Gasteiger partial charge in [0.25, 0.3) is 5.91 Å². The summed E-state index contributed by atoms with van der Waals surface area (Å²) in [5.74, 6) is 0.0548. The molecule has 0 N–H and O–H groups in total. The van der Waals surface area contributed by atoms with E-state index in [2.05, 4.69) is 22.9 Å². The van der Waals surface area contributed by atoms with Crippen LogP contribution in [-0.2, 0) is 0 Å². The monoisotopic (exact) mass is 317 g/mol. The topological polar surface area (TPSA) is 20.3 Å². The zero-order valence-corrected chi connectivity index (χ0v) is 12.7. The van der Waals surface area contributed by atoms with Crippen LogP contribution in [0.2, 0.25) is 5.02 Å². The van der Waals surface area contributed by atoms with Gasteiger partial charge in [-0.1, -0.05) is 18.5 Å². The lowest BCUT2D eigenvalue weighted by Gasteiger charge is -2.26. The second-order valence-electron chi connectivity index (χ2n) is 4.22. The summed E-state index contributed by atoms with van der Waals surface area (Å²) in [5, 5.41) is 0.619. The van der Waals surface area contributed by atoms with Gasteiger partial charge in [0, 0.05) is 22.6 Å². The fourth-order valence-electron chi connectivity index (χ4n) is 1.63. The van der Waals surface area contributed by atoms with Crippen LogP contribution in [0.4, 0.5) is 0 Å². The van der Waals surface area contributed by atoms with Crippen molar-refractivity contribution in [3.63, 3.8) is 0 Å². The van der Waals surface area contributed by atoms with Gasteiger partial charge in [-0.05, 0) is 54.4 Å². The number of halogens is 2. The molecule has 2 nitrogen and oxygen atoms in total. The summed E-state index contributed by atoms with van der Waals surface area (Å²) < 4.78 is 0.755. The fraction of sp³-hybridized carbons (Fsp3) is 0.462. The molecular formula is C13H17BrClNO. The Kier molecular flexibility index (Phi) is 5.47. The smallest absolute Gasteiger partial charge is 0.254 e. The lowest BCUT2D eigenvalue weighted by atomic mass is 10.1. The fourth-order valence-corrected chi connectivity index (χ4v) is 2.13. The van der Waals surface area contributed by atoms with E-state index < -0.39 is 0 Å². The van der Waals surface area contributed by atoms with Crippen molar-refractivity contribution in [2.45, 2.75) is 33.2 Å². The first-order valence-corrected chi connectivity index (χ1v) is 6.90. The molecule has 17 heavy (non-hydrogen) atoms. The van der Waals surface area contributed by atoms with Crippen molar-refractivity contribution in [2.24, 2.45) is 0 Å². The van der Waals surface area contributed by atoms with Crippen molar-refractivity contribution in [1.82, 2.24) is 4.90 Å². The van der Waals surface area contributed by atoms with Gasteiger partial charge in [-0.25, -0.2) is 0 Å². The molecule has 0 spiro atoms. The number of hydrogen-bond donors (Lipinski definition) is 0. The van der Waals surface area contributed by atoms with Gasteiger partial charge in [0.1, 0.15) is 0 Å². The predicted molar refractivity (Wildman–Crippen MR) is 75.6 cm³/mol. The van der Waals surface area contributed by atoms with Gasteiger partial charge in [0.15, 0.2) is 0 Å². The van der Waals surface area contributed by atoms with Crippen LogP contribution in [0.15, 0.2) is 22.7 Å². The highest BCUT2D eigenvalue weighted by atomic mass is 79.9. The Morgan fingerprint density at radius 1 is 1.47 bits per heavy atom. The van der Waals surface area contributed by atoms with Crippen LogP contribution in [0.3, 0.4) is 0 Å². The summed E-state index contributed by atoms with van der Waals surface area (Å²) >= 11 is 9.25. The number of benzene rings is 1. The van der Waals surface area contributed by atoms with E-state index in [4.69, 9.17) is 11.6 Å². The van der Waals surface area contributed by atoms with Gasteiger partial charge in [-0.3, -0.25) is 4.79 Å². The van der Waals surface area contributed by atoms with Crippen molar-refractivity contribution in [1.29, 1.82) is 0 Å². The van der Waals surface area contributed by atoms with Crippen molar-refractivity contribution < 1.29 is 4.79 Å².